The summed E-state index contributed by atoms with van der Waals surface area (Å²) in [4.78, 5) is 22.1. The molecule has 2 N–H and O–H groups in total. The van der Waals surface area contributed by atoms with Gasteiger partial charge in [-0.15, -0.1) is 0 Å². The Morgan fingerprint density at radius 3 is 2.90 bits per heavy atom. The van der Waals surface area contributed by atoms with E-state index in [9.17, 15) is 4.79 Å². The number of aromatic nitrogens is 2. The van der Waals surface area contributed by atoms with Crippen LogP contribution in [0.25, 0.3) is 0 Å². The highest BCUT2D eigenvalue weighted by atomic mass is 16.5. The zero-order chi connectivity index (χ0) is 15.1. The maximum absolute atomic E-state index is 11.2. The maximum atomic E-state index is 11.2. The van der Waals surface area contributed by atoms with Crippen molar-refractivity contribution >= 4 is 12.0 Å². The van der Waals surface area contributed by atoms with E-state index >= 15 is 0 Å². The Bertz CT molecular complexity index is 451. The van der Waals surface area contributed by atoms with Gasteiger partial charge < -0.3 is 20.3 Å². The van der Waals surface area contributed by atoms with E-state index in [1.54, 1.807) is 0 Å². The van der Waals surface area contributed by atoms with Crippen molar-refractivity contribution in [2.75, 3.05) is 31.6 Å². The Morgan fingerprint density at radius 2 is 2.24 bits per heavy atom. The van der Waals surface area contributed by atoms with E-state index in [4.69, 9.17) is 0 Å². The largest absolute Gasteiger partial charge is 0.453 e. The summed E-state index contributed by atoms with van der Waals surface area (Å²) in [6.07, 6.45) is 5.30. The molecule has 0 aliphatic carbocycles. The van der Waals surface area contributed by atoms with E-state index in [0.29, 0.717) is 12.5 Å². The second-order valence-electron chi connectivity index (χ2n) is 5.14. The van der Waals surface area contributed by atoms with Crippen LogP contribution in [0.1, 0.15) is 25.3 Å². The summed E-state index contributed by atoms with van der Waals surface area (Å²) < 4.78 is 4.61. The van der Waals surface area contributed by atoms with E-state index in [1.807, 2.05) is 12.4 Å². The van der Waals surface area contributed by atoms with Crippen molar-refractivity contribution < 1.29 is 9.53 Å². The Balaban J connectivity index is 1.84. The number of methoxy groups -OCH3 is 1. The molecule has 1 aliphatic heterocycles. The van der Waals surface area contributed by atoms with Crippen LogP contribution < -0.4 is 15.5 Å². The molecule has 0 saturated carbocycles. The molecule has 1 aliphatic rings. The van der Waals surface area contributed by atoms with Gasteiger partial charge in [0, 0.05) is 37.6 Å². The fraction of sp³-hybridized carbons (Fsp3) is 0.643. The molecule has 7 nitrogen and oxygen atoms in total. The van der Waals surface area contributed by atoms with Crippen molar-refractivity contribution in [3.63, 3.8) is 0 Å². The lowest BCUT2D eigenvalue weighted by Gasteiger charge is -2.16. The average molecular weight is 293 g/mol. The van der Waals surface area contributed by atoms with Crippen LogP contribution in [0.5, 0.6) is 0 Å². The van der Waals surface area contributed by atoms with E-state index in [0.717, 1.165) is 38.0 Å². The summed E-state index contributed by atoms with van der Waals surface area (Å²) >= 11 is 0. The molecule has 0 aromatic carbocycles. The highest BCUT2D eigenvalue weighted by molar-refractivity contribution is 5.67. The SMILES string of the molecule is CCCNCc1cnc(N2CCC(NC(=O)OC)C2)nc1. The zero-order valence-corrected chi connectivity index (χ0v) is 12.6. The molecule has 1 aromatic heterocycles. The Morgan fingerprint density at radius 1 is 1.48 bits per heavy atom. The summed E-state index contributed by atoms with van der Waals surface area (Å²) in [7, 11) is 1.37. The summed E-state index contributed by atoms with van der Waals surface area (Å²) in [5.41, 5.74) is 1.08. The van der Waals surface area contributed by atoms with Gasteiger partial charge in [-0.3, -0.25) is 0 Å². The fourth-order valence-corrected chi connectivity index (χ4v) is 2.30. The molecule has 0 radical (unpaired) electrons. The molecule has 1 fully saturated rings. The molecule has 1 unspecified atom stereocenters. The van der Waals surface area contributed by atoms with Gasteiger partial charge in [0.1, 0.15) is 0 Å². The molecule has 21 heavy (non-hydrogen) atoms. The number of hydrogen-bond donors (Lipinski definition) is 2. The molecule has 1 saturated heterocycles. The van der Waals surface area contributed by atoms with Crippen LogP contribution in [0, 0.1) is 0 Å². The normalized spacial score (nSPS) is 17.8. The Labute approximate surface area is 125 Å². The van der Waals surface area contributed by atoms with Crippen molar-refractivity contribution in [3.05, 3.63) is 18.0 Å². The summed E-state index contributed by atoms with van der Waals surface area (Å²) in [6.45, 7) is 5.47. The lowest BCUT2D eigenvalue weighted by molar-refractivity contribution is 0.167. The van der Waals surface area contributed by atoms with Crippen LogP contribution in [0.3, 0.4) is 0 Å². The Hall–Kier alpha value is -1.89. The summed E-state index contributed by atoms with van der Waals surface area (Å²) in [5.74, 6) is 0.711. The summed E-state index contributed by atoms with van der Waals surface area (Å²) in [6, 6.07) is 0.0898. The van der Waals surface area contributed by atoms with Crippen LogP contribution in [0.4, 0.5) is 10.7 Å². The number of hydrogen-bond acceptors (Lipinski definition) is 6. The standard InChI is InChI=1S/C14H23N5O2/c1-3-5-15-7-11-8-16-13(17-9-11)19-6-4-12(10-19)18-14(20)21-2/h8-9,12,15H,3-7,10H2,1-2H3,(H,18,20). The molecule has 7 heteroatoms. The van der Waals surface area contributed by atoms with Crippen LogP contribution in [0.2, 0.25) is 0 Å². The zero-order valence-electron chi connectivity index (χ0n) is 12.6. The second-order valence-corrected chi connectivity index (χ2v) is 5.14. The number of amides is 1. The minimum Gasteiger partial charge on any atom is -0.453 e. The smallest absolute Gasteiger partial charge is 0.407 e. The van der Waals surface area contributed by atoms with E-state index in [1.165, 1.54) is 7.11 Å². The Kier molecular flexibility index (Phi) is 5.74. The van der Waals surface area contributed by atoms with Crippen molar-refractivity contribution in [1.29, 1.82) is 0 Å². The topological polar surface area (TPSA) is 79.4 Å². The van der Waals surface area contributed by atoms with E-state index in [-0.39, 0.29) is 12.1 Å². The van der Waals surface area contributed by atoms with E-state index < -0.39 is 0 Å². The number of carbonyl (C=O) groups excluding carboxylic acids is 1. The van der Waals surface area contributed by atoms with Gasteiger partial charge in [-0.1, -0.05) is 6.92 Å². The number of nitrogens with zero attached hydrogens (tertiary/aromatic N) is 3. The quantitative estimate of drug-likeness (QED) is 0.759. The first-order chi connectivity index (χ1) is 10.2. The summed E-state index contributed by atoms with van der Waals surface area (Å²) in [5, 5.41) is 6.13. The molecular weight excluding hydrogens is 270 g/mol. The predicted octanol–water partition coefficient (Wildman–Crippen LogP) is 0.911. The molecular formula is C14H23N5O2. The average Bonchev–Trinajstić information content (AvgIpc) is 2.96. The molecule has 116 valence electrons. The number of anilines is 1. The second kappa shape index (κ2) is 7.78. The van der Waals surface area contributed by atoms with Gasteiger partial charge in [0.05, 0.1) is 13.2 Å². The van der Waals surface area contributed by atoms with Gasteiger partial charge in [-0.05, 0) is 19.4 Å². The van der Waals surface area contributed by atoms with Crippen LogP contribution in [0.15, 0.2) is 12.4 Å². The number of alkyl carbamates (subject to hydrolysis) is 1. The number of carbonyl (C=O) groups is 1. The first-order valence-corrected chi connectivity index (χ1v) is 7.34. The van der Waals surface area contributed by atoms with Crippen molar-refractivity contribution in [3.8, 4) is 0 Å². The number of rotatable bonds is 6. The van der Waals surface area contributed by atoms with Gasteiger partial charge in [0.15, 0.2) is 0 Å². The monoisotopic (exact) mass is 293 g/mol. The molecule has 2 heterocycles. The van der Waals surface area contributed by atoms with Crippen molar-refractivity contribution in [1.82, 2.24) is 20.6 Å². The number of ether oxygens (including phenoxy) is 1. The van der Waals surface area contributed by atoms with Gasteiger partial charge in [-0.25, -0.2) is 14.8 Å². The number of nitrogens with one attached hydrogen (secondary N) is 2. The first kappa shape index (κ1) is 15.5. The highest BCUT2D eigenvalue weighted by Crippen LogP contribution is 2.15. The van der Waals surface area contributed by atoms with Crippen molar-refractivity contribution in [2.24, 2.45) is 0 Å². The maximum Gasteiger partial charge on any atom is 0.407 e. The third kappa shape index (κ3) is 4.56. The van der Waals surface area contributed by atoms with Gasteiger partial charge in [-0.2, -0.15) is 0 Å². The van der Waals surface area contributed by atoms with Gasteiger partial charge in [0.2, 0.25) is 5.95 Å². The molecule has 1 aromatic rings. The van der Waals surface area contributed by atoms with Crippen LogP contribution in [-0.4, -0.2) is 48.8 Å². The lowest BCUT2D eigenvalue weighted by atomic mass is 10.3. The van der Waals surface area contributed by atoms with Crippen LogP contribution >= 0.6 is 0 Å². The van der Waals surface area contributed by atoms with Gasteiger partial charge >= 0.3 is 6.09 Å². The minimum absolute atomic E-state index is 0.0898. The first-order valence-electron chi connectivity index (χ1n) is 7.34. The third-order valence-electron chi connectivity index (χ3n) is 3.43. The van der Waals surface area contributed by atoms with Gasteiger partial charge in [0.25, 0.3) is 0 Å². The highest BCUT2D eigenvalue weighted by Gasteiger charge is 2.25. The molecule has 1 amide bonds. The van der Waals surface area contributed by atoms with Crippen molar-refractivity contribution in [2.45, 2.75) is 32.4 Å². The van der Waals surface area contributed by atoms with E-state index in [2.05, 4.69) is 37.2 Å². The fourth-order valence-electron chi connectivity index (χ4n) is 2.30. The molecule has 1 atom stereocenters. The minimum atomic E-state index is -0.389. The molecule has 0 bridgehead atoms. The lowest BCUT2D eigenvalue weighted by Crippen LogP contribution is -2.37. The molecule has 2 rings (SSSR count). The third-order valence-corrected chi connectivity index (χ3v) is 3.43. The molecule has 0 spiro atoms. The van der Waals surface area contributed by atoms with Crippen LogP contribution in [-0.2, 0) is 11.3 Å². The predicted molar refractivity (Wildman–Crippen MR) is 80.2 cm³/mol.